The van der Waals surface area contributed by atoms with Crippen molar-refractivity contribution in [2.75, 3.05) is 0 Å². The van der Waals surface area contributed by atoms with Gasteiger partial charge < -0.3 is 0 Å². The quantitative estimate of drug-likeness (QED) is 0.750. The minimum Gasteiger partial charge on any atom is -0.298 e. The lowest BCUT2D eigenvalue weighted by Crippen LogP contribution is -2.12. The van der Waals surface area contributed by atoms with Crippen LogP contribution in [-0.2, 0) is 6.42 Å². The third kappa shape index (κ3) is 1.94. The van der Waals surface area contributed by atoms with Gasteiger partial charge in [0.2, 0.25) is 0 Å². The van der Waals surface area contributed by atoms with E-state index in [9.17, 15) is 4.79 Å². The molecule has 1 unspecified atom stereocenters. The lowest BCUT2D eigenvalue weighted by atomic mass is 9.82. The van der Waals surface area contributed by atoms with Crippen LogP contribution in [0, 0.1) is 0 Å². The van der Waals surface area contributed by atoms with Crippen LogP contribution in [0.25, 0.3) is 0 Å². The predicted octanol–water partition coefficient (Wildman–Crippen LogP) is 3.36. The van der Waals surface area contributed by atoms with Crippen LogP contribution in [0.1, 0.15) is 45.9 Å². The first kappa shape index (κ1) is 11.1. The van der Waals surface area contributed by atoms with E-state index in [0.717, 1.165) is 24.7 Å². The molecule has 1 aromatic carbocycles. The van der Waals surface area contributed by atoms with Crippen LogP contribution >= 0.6 is 0 Å². The Morgan fingerprint density at radius 1 is 1.17 bits per heavy atom. The minimum absolute atomic E-state index is 0.385. The van der Waals surface area contributed by atoms with E-state index in [1.165, 1.54) is 23.2 Å². The maximum Gasteiger partial charge on any atom is 0.150 e. The van der Waals surface area contributed by atoms with Gasteiger partial charge in [-0.1, -0.05) is 30.3 Å². The zero-order valence-corrected chi connectivity index (χ0v) is 10.2. The van der Waals surface area contributed by atoms with Crippen LogP contribution in [0.4, 0.5) is 0 Å². The number of nitrogens with zero attached hydrogens (tertiary/aromatic N) is 1. The van der Waals surface area contributed by atoms with E-state index in [-0.39, 0.29) is 0 Å². The molecule has 0 spiro atoms. The molecule has 2 nitrogen and oxygen atoms in total. The summed E-state index contributed by atoms with van der Waals surface area (Å²) in [5.74, 6) is 0.385. The molecule has 0 N–H and O–H groups in total. The third-order valence-corrected chi connectivity index (χ3v) is 3.67. The Balaban J connectivity index is 1.99. The van der Waals surface area contributed by atoms with Crippen molar-refractivity contribution in [2.24, 2.45) is 0 Å². The van der Waals surface area contributed by atoms with E-state index in [1.54, 1.807) is 0 Å². The van der Waals surface area contributed by atoms with Crippen LogP contribution in [0.2, 0.25) is 0 Å². The van der Waals surface area contributed by atoms with Gasteiger partial charge >= 0.3 is 0 Å². The Hall–Kier alpha value is -1.96. The first-order valence-electron chi connectivity index (χ1n) is 6.37. The molecule has 90 valence electrons. The summed E-state index contributed by atoms with van der Waals surface area (Å²) in [5.41, 5.74) is 4.58. The number of rotatable bonds is 2. The number of carbonyl (C=O) groups excluding carboxylic acids is 1. The highest BCUT2D eigenvalue weighted by atomic mass is 16.1. The molecule has 0 amide bonds. The van der Waals surface area contributed by atoms with Gasteiger partial charge in [0.15, 0.2) is 0 Å². The molecule has 1 heterocycles. The van der Waals surface area contributed by atoms with Crippen LogP contribution in [0.15, 0.2) is 42.6 Å². The Bertz CT molecular complexity index is 560. The Kier molecular flexibility index (Phi) is 2.93. The summed E-state index contributed by atoms with van der Waals surface area (Å²) in [6.07, 6.45) is 6.24. The summed E-state index contributed by atoms with van der Waals surface area (Å²) in [5, 5.41) is 0. The van der Waals surface area contributed by atoms with Gasteiger partial charge in [0, 0.05) is 17.7 Å². The second-order valence-electron chi connectivity index (χ2n) is 4.78. The average Bonchev–Trinajstić information content (AvgIpc) is 2.47. The van der Waals surface area contributed by atoms with Crippen molar-refractivity contribution in [1.29, 1.82) is 0 Å². The van der Waals surface area contributed by atoms with Gasteiger partial charge in [-0.25, -0.2) is 0 Å². The third-order valence-electron chi connectivity index (χ3n) is 3.67. The lowest BCUT2D eigenvalue weighted by Gasteiger charge is -2.24. The van der Waals surface area contributed by atoms with Crippen molar-refractivity contribution in [2.45, 2.75) is 25.2 Å². The number of fused-ring (bicyclic) bond motifs is 1. The van der Waals surface area contributed by atoms with Crippen LogP contribution in [0.3, 0.4) is 0 Å². The molecule has 1 aromatic heterocycles. The van der Waals surface area contributed by atoms with Gasteiger partial charge in [-0.3, -0.25) is 9.78 Å². The number of hydrogen-bond acceptors (Lipinski definition) is 2. The largest absolute Gasteiger partial charge is 0.298 e. The second kappa shape index (κ2) is 4.73. The van der Waals surface area contributed by atoms with Crippen molar-refractivity contribution in [3.8, 4) is 0 Å². The highest BCUT2D eigenvalue weighted by Gasteiger charge is 2.22. The van der Waals surface area contributed by atoms with Gasteiger partial charge in [-0.05, 0) is 36.5 Å². The predicted molar refractivity (Wildman–Crippen MR) is 70.8 cm³/mol. The first-order valence-corrected chi connectivity index (χ1v) is 6.37. The van der Waals surface area contributed by atoms with Gasteiger partial charge in [-0.15, -0.1) is 0 Å². The van der Waals surface area contributed by atoms with E-state index < -0.39 is 0 Å². The molecule has 0 radical (unpaired) electrons. The van der Waals surface area contributed by atoms with Crippen molar-refractivity contribution in [3.05, 3.63) is 65.0 Å². The minimum atomic E-state index is 0.385. The molecule has 18 heavy (non-hydrogen) atoms. The van der Waals surface area contributed by atoms with E-state index in [4.69, 9.17) is 0 Å². The van der Waals surface area contributed by atoms with Gasteiger partial charge in [-0.2, -0.15) is 0 Å². The van der Waals surface area contributed by atoms with Crippen molar-refractivity contribution in [1.82, 2.24) is 4.98 Å². The first-order chi connectivity index (χ1) is 8.88. The standard InChI is InChI=1S/C16H15NO/c18-11-12-6-8-13(9-7-12)15-5-1-3-14-4-2-10-17-16(14)15/h2,4,6-11,15H,1,3,5H2. The molecule has 0 fully saturated rings. The SMILES string of the molecule is O=Cc1ccc(C2CCCc3cccnc32)cc1. The highest BCUT2D eigenvalue weighted by molar-refractivity contribution is 5.74. The van der Waals surface area contributed by atoms with Crippen LogP contribution in [0.5, 0.6) is 0 Å². The number of aldehydes is 1. The highest BCUT2D eigenvalue weighted by Crippen LogP contribution is 2.34. The van der Waals surface area contributed by atoms with Crippen LogP contribution in [-0.4, -0.2) is 11.3 Å². The number of carbonyl (C=O) groups is 1. The van der Waals surface area contributed by atoms with Crippen molar-refractivity contribution < 1.29 is 4.79 Å². The van der Waals surface area contributed by atoms with E-state index >= 15 is 0 Å². The fraction of sp³-hybridized carbons (Fsp3) is 0.250. The molecule has 0 aliphatic heterocycles. The summed E-state index contributed by atoms with van der Waals surface area (Å²) in [4.78, 5) is 15.2. The lowest BCUT2D eigenvalue weighted by molar-refractivity contribution is 0.112. The second-order valence-corrected chi connectivity index (χ2v) is 4.78. The zero-order valence-electron chi connectivity index (χ0n) is 10.2. The molecule has 0 bridgehead atoms. The van der Waals surface area contributed by atoms with Gasteiger partial charge in [0.1, 0.15) is 6.29 Å². The summed E-state index contributed by atoms with van der Waals surface area (Å²) in [7, 11) is 0. The molecule has 3 rings (SSSR count). The van der Waals surface area contributed by atoms with Crippen molar-refractivity contribution in [3.63, 3.8) is 0 Å². The van der Waals surface area contributed by atoms with E-state index in [0.29, 0.717) is 5.92 Å². The Morgan fingerprint density at radius 2 is 2.00 bits per heavy atom. The summed E-state index contributed by atoms with van der Waals surface area (Å²) in [6, 6.07) is 12.1. The Labute approximate surface area is 107 Å². The van der Waals surface area contributed by atoms with E-state index in [2.05, 4.69) is 23.2 Å². The smallest absolute Gasteiger partial charge is 0.150 e. The number of aryl methyl sites for hydroxylation is 1. The van der Waals surface area contributed by atoms with Gasteiger partial charge in [0.25, 0.3) is 0 Å². The fourth-order valence-electron chi connectivity index (χ4n) is 2.74. The molecule has 0 saturated carbocycles. The summed E-state index contributed by atoms with van der Waals surface area (Å²) >= 11 is 0. The molecule has 1 atom stereocenters. The monoisotopic (exact) mass is 237 g/mol. The molecule has 1 aliphatic rings. The van der Waals surface area contributed by atoms with E-state index in [1.807, 2.05) is 24.4 Å². The number of aromatic nitrogens is 1. The molecular formula is C16H15NO. The summed E-state index contributed by atoms with van der Waals surface area (Å²) < 4.78 is 0. The topological polar surface area (TPSA) is 30.0 Å². The fourth-order valence-corrected chi connectivity index (χ4v) is 2.74. The van der Waals surface area contributed by atoms with Crippen LogP contribution < -0.4 is 0 Å². The van der Waals surface area contributed by atoms with Crippen molar-refractivity contribution >= 4 is 6.29 Å². The normalized spacial score (nSPS) is 18.1. The number of pyridine rings is 1. The zero-order chi connectivity index (χ0) is 12.4. The number of hydrogen-bond donors (Lipinski definition) is 0. The molecule has 2 heteroatoms. The summed E-state index contributed by atoms with van der Waals surface area (Å²) in [6.45, 7) is 0. The average molecular weight is 237 g/mol. The Morgan fingerprint density at radius 3 is 2.78 bits per heavy atom. The molecule has 1 aliphatic carbocycles. The molecule has 0 saturated heterocycles. The van der Waals surface area contributed by atoms with Gasteiger partial charge in [0.05, 0.1) is 5.69 Å². The maximum absolute atomic E-state index is 10.7. The number of benzene rings is 1. The molecular weight excluding hydrogens is 222 g/mol. The maximum atomic E-state index is 10.7. The molecule has 2 aromatic rings.